The highest BCUT2D eigenvalue weighted by Crippen LogP contribution is 2.14. The van der Waals surface area contributed by atoms with Gasteiger partial charge in [-0.2, -0.15) is 0 Å². The van der Waals surface area contributed by atoms with Crippen molar-refractivity contribution in [1.29, 1.82) is 0 Å². The van der Waals surface area contributed by atoms with E-state index in [1.165, 1.54) is 0 Å². The molecule has 0 aliphatic rings. The van der Waals surface area contributed by atoms with Crippen LogP contribution in [0.2, 0.25) is 0 Å². The van der Waals surface area contributed by atoms with E-state index in [4.69, 9.17) is 15.3 Å². The summed E-state index contributed by atoms with van der Waals surface area (Å²) in [6.07, 6.45) is -1.56. The van der Waals surface area contributed by atoms with Gasteiger partial charge in [0.15, 0.2) is 6.29 Å². The van der Waals surface area contributed by atoms with Crippen molar-refractivity contribution < 1.29 is 15.3 Å². The van der Waals surface area contributed by atoms with Crippen molar-refractivity contribution in [3.8, 4) is 0 Å². The van der Waals surface area contributed by atoms with Crippen molar-refractivity contribution in [3.05, 3.63) is 0 Å². The molecule has 4 N–H and O–H groups in total. The summed E-state index contributed by atoms with van der Waals surface area (Å²) in [4.78, 5) is 0. The van der Waals surface area contributed by atoms with E-state index in [1.54, 1.807) is 6.92 Å². The third-order valence-corrected chi connectivity index (χ3v) is 1.92. The Bertz CT molecular complexity index is 153. The second-order valence-electron chi connectivity index (χ2n) is 4.86. The summed E-state index contributed by atoms with van der Waals surface area (Å²) >= 11 is 0. The molecule has 0 aromatic rings. The number of hydrogen-bond donors (Lipinski definition) is 4. The van der Waals surface area contributed by atoms with Gasteiger partial charge in [-0.1, -0.05) is 20.8 Å². The molecule has 1 unspecified atom stereocenters. The summed E-state index contributed by atoms with van der Waals surface area (Å²) in [5.41, 5.74) is -0.988. The quantitative estimate of drug-likeness (QED) is 0.460. The second kappa shape index (κ2) is 4.37. The molecule has 13 heavy (non-hydrogen) atoms. The summed E-state index contributed by atoms with van der Waals surface area (Å²) in [6, 6.07) is 0. The van der Waals surface area contributed by atoms with Gasteiger partial charge in [0.2, 0.25) is 0 Å². The second-order valence-corrected chi connectivity index (χ2v) is 4.86. The van der Waals surface area contributed by atoms with E-state index in [2.05, 4.69) is 5.32 Å². The lowest BCUT2D eigenvalue weighted by molar-refractivity contribution is -0.118. The molecule has 0 fully saturated rings. The first kappa shape index (κ1) is 12.8. The SMILES string of the molecule is CC(C)(C)CNC(C)(CO)C(O)O. The van der Waals surface area contributed by atoms with Crippen molar-refractivity contribution in [2.45, 2.75) is 39.5 Å². The van der Waals surface area contributed by atoms with Gasteiger partial charge in [0, 0.05) is 6.54 Å². The van der Waals surface area contributed by atoms with Crippen LogP contribution >= 0.6 is 0 Å². The Balaban J connectivity index is 4.14. The molecule has 0 aromatic carbocycles. The smallest absolute Gasteiger partial charge is 0.172 e. The zero-order valence-corrected chi connectivity index (χ0v) is 8.83. The van der Waals surface area contributed by atoms with Crippen LogP contribution in [-0.4, -0.2) is 40.3 Å². The molecule has 4 nitrogen and oxygen atoms in total. The Morgan fingerprint density at radius 3 is 1.85 bits per heavy atom. The fourth-order valence-corrected chi connectivity index (χ4v) is 0.696. The molecule has 80 valence electrons. The lowest BCUT2D eigenvalue weighted by atomic mass is 9.94. The van der Waals surface area contributed by atoms with E-state index in [0.717, 1.165) is 0 Å². The third-order valence-electron chi connectivity index (χ3n) is 1.92. The zero-order valence-electron chi connectivity index (χ0n) is 8.83. The molecule has 0 aliphatic carbocycles. The summed E-state index contributed by atoms with van der Waals surface area (Å²) in [6.45, 7) is 7.97. The minimum atomic E-state index is -1.56. The first-order valence-corrected chi connectivity index (χ1v) is 4.43. The predicted octanol–water partition coefficient (Wildman–Crippen LogP) is -0.316. The fourth-order valence-electron chi connectivity index (χ4n) is 0.696. The van der Waals surface area contributed by atoms with Gasteiger partial charge in [-0.3, -0.25) is 0 Å². The maximum Gasteiger partial charge on any atom is 0.172 e. The highest BCUT2D eigenvalue weighted by molar-refractivity contribution is 4.86. The molecule has 0 bridgehead atoms. The topological polar surface area (TPSA) is 72.7 Å². The Morgan fingerprint density at radius 2 is 1.62 bits per heavy atom. The van der Waals surface area contributed by atoms with Crippen LogP contribution in [0.3, 0.4) is 0 Å². The first-order chi connectivity index (χ1) is 5.71. The van der Waals surface area contributed by atoms with Gasteiger partial charge >= 0.3 is 0 Å². The lowest BCUT2D eigenvalue weighted by Gasteiger charge is -2.33. The Labute approximate surface area is 79.6 Å². The van der Waals surface area contributed by atoms with Gasteiger partial charge < -0.3 is 20.6 Å². The summed E-state index contributed by atoms with van der Waals surface area (Å²) in [7, 11) is 0. The van der Waals surface area contributed by atoms with E-state index >= 15 is 0 Å². The Kier molecular flexibility index (Phi) is 4.32. The monoisotopic (exact) mass is 191 g/mol. The molecule has 1 atom stereocenters. The Morgan fingerprint density at radius 1 is 1.15 bits per heavy atom. The zero-order chi connectivity index (χ0) is 10.7. The Hall–Kier alpha value is -0.160. The first-order valence-electron chi connectivity index (χ1n) is 4.43. The molecule has 0 spiro atoms. The standard InChI is InChI=1S/C9H21NO3/c1-8(2,3)5-10-9(4,6-11)7(12)13/h7,10-13H,5-6H2,1-4H3. The summed E-state index contributed by atoms with van der Waals surface area (Å²) in [5, 5.41) is 29.9. The predicted molar refractivity (Wildman–Crippen MR) is 51.2 cm³/mol. The van der Waals surface area contributed by atoms with Crippen molar-refractivity contribution in [2.24, 2.45) is 5.41 Å². The van der Waals surface area contributed by atoms with Gasteiger partial charge in [-0.25, -0.2) is 0 Å². The van der Waals surface area contributed by atoms with E-state index in [-0.39, 0.29) is 12.0 Å². The number of hydrogen-bond acceptors (Lipinski definition) is 4. The molecular weight excluding hydrogens is 170 g/mol. The van der Waals surface area contributed by atoms with Gasteiger partial charge in [0.25, 0.3) is 0 Å². The average Bonchev–Trinajstić information content (AvgIpc) is 1.98. The molecular formula is C9H21NO3. The number of nitrogens with one attached hydrogen (secondary N) is 1. The van der Waals surface area contributed by atoms with E-state index < -0.39 is 11.8 Å². The molecule has 0 amide bonds. The van der Waals surface area contributed by atoms with E-state index in [1.807, 2.05) is 20.8 Å². The van der Waals surface area contributed by atoms with Crippen LogP contribution in [0.1, 0.15) is 27.7 Å². The molecule has 0 aromatic heterocycles. The van der Waals surface area contributed by atoms with Crippen molar-refractivity contribution in [1.82, 2.24) is 5.32 Å². The molecule has 4 heteroatoms. The van der Waals surface area contributed by atoms with Crippen LogP contribution in [0.25, 0.3) is 0 Å². The molecule has 0 radical (unpaired) electrons. The highest BCUT2D eigenvalue weighted by Gasteiger charge is 2.31. The van der Waals surface area contributed by atoms with Crippen molar-refractivity contribution >= 4 is 0 Å². The normalized spacial score (nSPS) is 17.5. The molecule has 0 saturated heterocycles. The van der Waals surface area contributed by atoms with Crippen molar-refractivity contribution in [3.63, 3.8) is 0 Å². The van der Waals surface area contributed by atoms with Crippen LogP contribution in [0.4, 0.5) is 0 Å². The fraction of sp³-hybridized carbons (Fsp3) is 1.00. The minimum Gasteiger partial charge on any atom is -0.394 e. The summed E-state index contributed by atoms with van der Waals surface area (Å²) < 4.78 is 0. The summed E-state index contributed by atoms with van der Waals surface area (Å²) in [5.74, 6) is 0. The van der Waals surface area contributed by atoms with Gasteiger partial charge in [-0.05, 0) is 12.3 Å². The number of aliphatic hydroxyl groups is 3. The third kappa shape index (κ3) is 4.57. The largest absolute Gasteiger partial charge is 0.394 e. The molecule has 0 aliphatic heterocycles. The van der Waals surface area contributed by atoms with Gasteiger partial charge in [0.05, 0.1) is 12.1 Å². The number of rotatable bonds is 4. The average molecular weight is 191 g/mol. The maximum atomic E-state index is 9.00. The van der Waals surface area contributed by atoms with Crippen LogP contribution in [0, 0.1) is 5.41 Å². The van der Waals surface area contributed by atoms with E-state index in [0.29, 0.717) is 6.54 Å². The minimum absolute atomic E-state index is 0.0469. The van der Waals surface area contributed by atoms with Gasteiger partial charge in [-0.15, -0.1) is 0 Å². The number of aliphatic hydroxyl groups excluding tert-OH is 2. The lowest BCUT2D eigenvalue weighted by Crippen LogP contribution is -2.56. The van der Waals surface area contributed by atoms with Crippen LogP contribution in [0.15, 0.2) is 0 Å². The maximum absolute atomic E-state index is 9.00. The van der Waals surface area contributed by atoms with Crippen LogP contribution < -0.4 is 5.32 Å². The van der Waals surface area contributed by atoms with E-state index in [9.17, 15) is 0 Å². The molecule has 0 rings (SSSR count). The molecule has 0 heterocycles. The van der Waals surface area contributed by atoms with Crippen LogP contribution in [-0.2, 0) is 0 Å². The van der Waals surface area contributed by atoms with Crippen molar-refractivity contribution in [2.75, 3.05) is 13.2 Å². The van der Waals surface area contributed by atoms with Crippen LogP contribution in [0.5, 0.6) is 0 Å². The molecule has 0 saturated carbocycles. The highest BCUT2D eigenvalue weighted by atomic mass is 16.5. The van der Waals surface area contributed by atoms with Gasteiger partial charge in [0.1, 0.15) is 0 Å².